The number of carbonyl (C=O) groups is 1. The SMILES string of the molecule is CNS(=O)(=O)Nc1ccc2c(c1)S(O)(O)N=C(C1=C(O)c3ccccc3C(C)(CCC(C)C)C1=O)N2. The summed E-state index contributed by atoms with van der Waals surface area (Å²) in [6.07, 6.45) is 1.31. The highest BCUT2D eigenvalue weighted by Gasteiger charge is 2.46. The number of carbonyl (C=O) groups excluding carboxylic acids is 1. The van der Waals surface area contributed by atoms with Crippen LogP contribution in [0.15, 0.2) is 57.3 Å². The summed E-state index contributed by atoms with van der Waals surface area (Å²) in [6, 6.07) is 11.3. The highest BCUT2D eigenvalue weighted by atomic mass is 32.3. The summed E-state index contributed by atoms with van der Waals surface area (Å²) in [5, 5.41) is 14.1. The summed E-state index contributed by atoms with van der Waals surface area (Å²) in [4.78, 5) is 13.9. The molecule has 0 bridgehead atoms. The van der Waals surface area contributed by atoms with Crippen molar-refractivity contribution < 1.29 is 27.4 Å². The Labute approximate surface area is 212 Å². The number of fused-ring (bicyclic) bond motifs is 2. The lowest BCUT2D eigenvalue weighted by Crippen LogP contribution is -2.42. The van der Waals surface area contributed by atoms with Crippen LogP contribution in [0.5, 0.6) is 0 Å². The molecule has 0 radical (unpaired) electrons. The van der Waals surface area contributed by atoms with Gasteiger partial charge in [-0.25, -0.2) is 4.72 Å². The zero-order chi connectivity index (χ0) is 26.5. The molecule has 1 aliphatic heterocycles. The van der Waals surface area contributed by atoms with Crippen LogP contribution in [0, 0.1) is 5.92 Å². The lowest BCUT2D eigenvalue weighted by Gasteiger charge is -2.39. The molecule has 0 spiro atoms. The van der Waals surface area contributed by atoms with Gasteiger partial charge in [0.25, 0.3) is 10.2 Å². The van der Waals surface area contributed by atoms with E-state index in [-0.39, 0.29) is 39.2 Å². The predicted molar refractivity (Wildman–Crippen MR) is 143 cm³/mol. The molecule has 1 aliphatic carbocycles. The first-order valence-electron chi connectivity index (χ1n) is 11.4. The molecular weight excluding hydrogens is 504 g/mol. The summed E-state index contributed by atoms with van der Waals surface area (Å²) < 4.78 is 53.8. The molecule has 2 aromatic rings. The second kappa shape index (κ2) is 9.20. The van der Waals surface area contributed by atoms with Crippen LogP contribution < -0.4 is 14.8 Å². The lowest BCUT2D eigenvalue weighted by atomic mass is 9.66. The standard InChI is InChI=1S/C24H30N4O6S2/c1-14(2)11-12-24(3)17-8-6-5-7-16(17)21(29)20(22(24)30)23-26-18-10-9-15(27-36(33,34)25-4)13-19(18)35(31,32)28-23/h5-10,13-14,25,27,29,31-32H,11-12H2,1-4H3,(H,26,28). The fraction of sp³-hybridized carbons (Fsp3) is 0.333. The lowest BCUT2D eigenvalue weighted by molar-refractivity contribution is -0.120. The highest BCUT2D eigenvalue weighted by Crippen LogP contribution is 2.57. The Bertz CT molecular complexity index is 1400. The summed E-state index contributed by atoms with van der Waals surface area (Å²) in [5.41, 5.74) is 0.442. The topological polar surface area (TPSA) is 160 Å². The first-order chi connectivity index (χ1) is 16.8. The Balaban J connectivity index is 1.80. The number of nitrogens with zero attached hydrogens (tertiary/aromatic N) is 1. The number of ketones is 1. The van der Waals surface area contributed by atoms with E-state index in [2.05, 4.69) is 33.0 Å². The van der Waals surface area contributed by atoms with Crippen LogP contribution in [0.2, 0.25) is 0 Å². The number of rotatable bonds is 7. The van der Waals surface area contributed by atoms with Gasteiger partial charge in [0.2, 0.25) is 0 Å². The molecular formula is C24H30N4O6S2. The smallest absolute Gasteiger partial charge is 0.298 e. The molecule has 1 atom stereocenters. The molecule has 10 nitrogen and oxygen atoms in total. The first kappa shape index (κ1) is 26.2. The van der Waals surface area contributed by atoms with Crippen molar-refractivity contribution in [1.29, 1.82) is 0 Å². The molecule has 194 valence electrons. The predicted octanol–water partition coefficient (Wildman–Crippen LogP) is 4.66. The average Bonchev–Trinajstić information content (AvgIpc) is 2.81. The molecule has 0 saturated carbocycles. The highest BCUT2D eigenvalue weighted by molar-refractivity contribution is 8.23. The van der Waals surface area contributed by atoms with E-state index in [1.807, 2.05) is 19.1 Å². The van der Waals surface area contributed by atoms with E-state index in [9.17, 15) is 27.4 Å². The summed E-state index contributed by atoms with van der Waals surface area (Å²) in [7, 11) is -6.43. The van der Waals surface area contributed by atoms with Gasteiger partial charge >= 0.3 is 0 Å². The van der Waals surface area contributed by atoms with Crippen molar-refractivity contribution in [3.05, 3.63) is 59.2 Å². The van der Waals surface area contributed by atoms with E-state index in [0.29, 0.717) is 23.5 Å². The number of hydrogen-bond acceptors (Lipinski definition) is 8. The van der Waals surface area contributed by atoms with Crippen molar-refractivity contribution in [2.75, 3.05) is 17.1 Å². The van der Waals surface area contributed by atoms with Gasteiger partial charge in [-0.15, -0.1) is 4.40 Å². The van der Waals surface area contributed by atoms with Crippen molar-refractivity contribution in [2.45, 2.75) is 43.9 Å². The number of Topliss-reactive ketones (excluding diaryl/α,β-unsaturated/α-hetero) is 1. The van der Waals surface area contributed by atoms with Crippen LogP contribution in [0.4, 0.5) is 11.4 Å². The average molecular weight is 535 g/mol. The van der Waals surface area contributed by atoms with Crippen LogP contribution >= 0.6 is 10.8 Å². The van der Waals surface area contributed by atoms with Crippen molar-refractivity contribution in [1.82, 2.24) is 4.72 Å². The number of benzene rings is 2. The molecule has 36 heavy (non-hydrogen) atoms. The third kappa shape index (κ3) is 4.62. The molecule has 6 N–H and O–H groups in total. The normalized spacial score (nSPS) is 21.9. The minimum Gasteiger partial charge on any atom is -0.506 e. The number of nitrogens with one attached hydrogen (secondary N) is 3. The largest absolute Gasteiger partial charge is 0.506 e. The van der Waals surface area contributed by atoms with E-state index in [4.69, 9.17) is 0 Å². The molecule has 0 aromatic heterocycles. The van der Waals surface area contributed by atoms with E-state index < -0.39 is 26.4 Å². The Morgan fingerprint density at radius 2 is 1.86 bits per heavy atom. The Morgan fingerprint density at radius 3 is 2.53 bits per heavy atom. The molecule has 0 saturated heterocycles. The third-order valence-electron chi connectivity index (χ3n) is 6.47. The van der Waals surface area contributed by atoms with Gasteiger partial charge < -0.3 is 10.4 Å². The fourth-order valence-corrected chi connectivity index (χ4v) is 6.14. The van der Waals surface area contributed by atoms with Gasteiger partial charge in [-0.05, 0) is 49.4 Å². The summed E-state index contributed by atoms with van der Waals surface area (Å²) >= 11 is 0. The van der Waals surface area contributed by atoms with Gasteiger partial charge in [-0.2, -0.15) is 8.42 Å². The quantitative estimate of drug-likeness (QED) is 0.301. The monoisotopic (exact) mass is 534 g/mol. The van der Waals surface area contributed by atoms with Crippen molar-refractivity contribution >= 4 is 49.7 Å². The number of hydrogen-bond donors (Lipinski definition) is 6. The molecule has 1 heterocycles. The molecule has 1 unspecified atom stereocenters. The molecule has 2 aromatic carbocycles. The number of aliphatic hydroxyl groups excluding tert-OH is 1. The minimum atomic E-state index is -3.84. The zero-order valence-electron chi connectivity index (χ0n) is 20.4. The van der Waals surface area contributed by atoms with Crippen molar-refractivity contribution in [3.63, 3.8) is 0 Å². The Hall–Kier alpha value is -2.90. The van der Waals surface area contributed by atoms with Gasteiger partial charge in [0, 0.05) is 12.6 Å². The Morgan fingerprint density at radius 1 is 1.17 bits per heavy atom. The second-order valence-electron chi connectivity index (χ2n) is 9.47. The van der Waals surface area contributed by atoms with E-state index in [1.165, 1.54) is 25.2 Å². The van der Waals surface area contributed by atoms with Crippen LogP contribution in [-0.2, 0) is 20.4 Å². The van der Waals surface area contributed by atoms with Gasteiger partial charge in [-0.3, -0.25) is 18.6 Å². The number of aliphatic hydroxyl groups is 1. The van der Waals surface area contributed by atoms with E-state index in [0.717, 1.165) is 6.42 Å². The van der Waals surface area contributed by atoms with Crippen LogP contribution in [0.1, 0.15) is 44.7 Å². The zero-order valence-corrected chi connectivity index (χ0v) is 22.0. The maximum absolute atomic E-state index is 13.9. The van der Waals surface area contributed by atoms with Crippen molar-refractivity contribution in [3.8, 4) is 0 Å². The second-order valence-corrected chi connectivity index (χ2v) is 12.7. The maximum Gasteiger partial charge on any atom is 0.298 e. The molecule has 12 heteroatoms. The van der Waals surface area contributed by atoms with Crippen LogP contribution in [0.3, 0.4) is 0 Å². The molecule has 2 aliphatic rings. The third-order valence-corrected chi connectivity index (χ3v) is 8.88. The molecule has 0 amide bonds. The van der Waals surface area contributed by atoms with Gasteiger partial charge in [-0.1, -0.05) is 48.9 Å². The number of anilines is 2. The van der Waals surface area contributed by atoms with Gasteiger partial charge in [0.1, 0.15) is 16.2 Å². The van der Waals surface area contributed by atoms with Crippen molar-refractivity contribution in [2.24, 2.45) is 10.3 Å². The van der Waals surface area contributed by atoms with Gasteiger partial charge in [0.15, 0.2) is 11.6 Å². The number of amidine groups is 1. The summed E-state index contributed by atoms with van der Waals surface area (Å²) in [6.45, 7) is 5.97. The van der Waals surface area contributed by atoms with E-state index in [1.54, 1.807) is 12.1 Å². The molecule has 4 rings (SSSR count). The van der Waals surface area contributed by atoms with Crippen LogP contribution in [0.25, 0.3) is 5.76 Å². The minimum absolute atomic E-state index is 0.0473. The van der Waals surface area contributed by atoms with Gasteiger partial charge in [0.05, 0.1) is 16.8 Å². The fourth-order valence-electron chi connectivity index (χ4n) is 4.41. The summed E-state index contributed by atoms with van der Waals surface area (Å²) in [5.74, 6) is -0.467. The Kier molecular flexibility index (Phi) is 6.69. The van der Waals surface area contributed by atoms with E-state index >= 15 is 0 Å². The maximum atomic E-state index is 13.9. The molecule has 0 fully saturated rings. The first-order valence-corrected chi connectivity index (χ1v) is 14.4. The van der Waals surface area contributed by atoms with Crippen LogP contribution in [-0.4, -0.2) is 41.3 Å².